The third-order valence-corrected chi connectivity index (χ3v) is 5.91. The Kier molecular flexibility index (Phi) is 25.1. The van der Waals surface area contributed by atoms with Gasteiger partial charge in [0, 0.05) is 0 Å². The van der Waals surface area contributed by atoms with E-state index in [0.29, 0.717) is 6.42 Å². The lowest BCUT2D eigenvalue weighted by Gasteiger charge is -2.19. The van der Waals surface area contributed by atoms with Crippen LogP contribution in [0.4, 0.5) is 0 Å². The third-order valence-electron chi connectivity index (χ3n) is 5.91. The van der Waals surface area contributed by atoms with Crippen molar-refractivity contribution in [1.82, 2.24) is 0 Å². The quantitative estimate of drug-likeness (QED) is 0.0993. The molecule has 0 aliphatic rings. The van der Waals surface area contributed by atoms with Crippen molar-refractivity contribution >= 4 is 0 Å². The highest BCUT2D eigenvalue weighted by atomic mass is 16.4. The maximum atomic E-state index is 9.98. The first-order chi connectivity index (χ1) is 17.1. The minimum Gasteiger partial charge on any atom is -0.390 e. The van der Waals surface area contributed by atoms with Crippen LogP contribution >= 0.6 is 0 Å². The van der Waals surface area contributed by atoms with Gasteiger partial charge in [0.25, 0.3) is 0 Å². The number of hydrogen-bond acceptors (Lipinski definition) is 4. The Morgan fingerprint density at radius 2 is 1.11 bits per heavy atom. The Bertz CT molecular complexity index is 695. The average Bonchev–Trinajstić information content (AvgIpc) is 2.86. The fourth-order valence-electron chi connectivity index (χ4n) is 3.78. The van der Waals surface area contributed by atoms with E-state index in [1.54, 1.807) is 6.08 Å². The van der Waals surface area contributed by atoms with Gasteiger partial charge < -0.3 is 20.4 Å². The summed E-state index contributed by atoms with van der Waals surface area (Å²) >= 11 is 0. The van der Waals surface area contributed by atoms with Crippen molar-refractivity contribution < 1.29 is 20.4 Å². The van der Waals surface area contributed by atoms with Gasteiger partial charge >= 0.3 is 0 Å². The molecule has 3 atom stereocenters. The molecular weight excluding hydrogens is 436 g/mol. The normalized spacial score (nSPS) is 13.6. The molecule has 196 valence electrons. The molecule has 4 heteroatoms. The molecule has 0 aromatic heterocycles. The fraction of sp³-hybridized carbons (Fsp3) is 0.677. The molecule has 0 aromatic carbocycles. The summed E-state index contributed by atoms with van der Waals surface area (Å²) in [4.78, 5) is 0. The summed E-state index contributed by atoms with van der Waals surface area (Å²) in [5, 5.41) is 38.1. The van der Waals surface area contributed by atoms with E-state index in [-0.39, 0.29) is 6.61 Å². The Morgan fingerprint density at radius 1 is 0.629 bits per heavy atom. The highest BCUT2D eigenvalue weighted by Gasteiger charge is 2.22. The van der Waals surface area contributed by atoms with Crippen molar-refractivity contribution in [2.45, 2.75) is 127 Å². The Balaban J connectivity index is 3.46. The van der Waals surface area contributed by atoms with E-state index in [9.17, 15) is 15.3 Å². The minimum absolute atomic E-state index is 0.304. The summed E-state index contributed by atoms with van der Waals surface area (Å²) < 4.78 is 0. The summed E-state index contributed by atoms with van der Waals surface area (Å²) in [5.41, 5.74) is 0. The predicted molar refractivity (Wildman–Crippen MR) is 146 cm³/mol. The van der Waals surface area contributed by atoms with Crippen molar-refractivity contribution in [3.8, 4) is 36.0 Å². The number of allylic oxidation sites excluding steroid dienone is 4. The minimum atomic E-state index is -1.34. The van der Waals surface area contributed by atoms with Gasteiger partial charge in [-0.25, -0.2) is 0 Å². The third kappa shape index (κ3) is 23.5. The monoisotopic (exact) mass is 484 g/mol. The second kappa shape index (κ2) is 26.6. The summed E-state index contributed by atoms with van der Waals surface area (Å²) in [6.45, 7) is -0.304. The Labute approximate surface area is 214 Å². The van der Waals surface area contributed by atoms with Gasteiger partial charge in [-0.1, -0.05) is 100 Å². The largest absolute Gasteiger partial charge is 0.390 e. The molecule has 0 saturated carbocycles. The van der Waals surface area contributed by atoms with Crippen LogP contribution in [0.15, 0.2) is 24.3 Å². The van der Waals surface area contributed by atoms with Crippen LogP contribution in [0.25, 0.3) is 0 Å². The van der Waals surface area contributed by atoms with E-state index in [1.807, 2.05) is 0 Å². The van der Waals surface area contributed by atoms with Crippen LogP contribution in [0.1, 0.15) is 109 Å². The highest BCUT2D eigenvalue weighted by Crippen LogP contribution is 2.13. The molecule has 0 radical (unpaired) electrons. The molecule has 35 heavy (non-hydrogen) atoms. The standard InChI is InChI=1S/C31H48O4/c1-2-3-4-5-6-7-8-9-10-11-12-13-14-15-16-17-18-19-20-21-23-26-29(33)31(35)30(34)27-24-22-25-28-32/h1,3-4,15-16,29-35H,5-14,17-21,23,26,28H2/b4-3-,16-15-/t29-,30+,31+/m0/s1. The van der Waals surface area contributed by atoms with Crippen LogP contribution in [-0.4, -0.2) is 45.3 Å². The molecular formula is C31H48O4. The van der Waals surface area contributed by atoms with Gasteiger partial charge in [0.1, 0.15) is 18.8 Å². The second-order valence-corrected chi connectivity index (χ2v) is 9.02. The number of terminal acetylenes is 1. The van der Waals surface area contributed by atoms with Gasteiger partial charge in [-0.3, -0.25) is 0 Å². The molecule has 4 nitrogen and oxygen atoms in total. The van der Waals surface area contributed by atoms with Gasteiger partial charge in [-0.2, -0.15) is 0 Å². The van der Waals surface area contributed by atoms with Crippen LogP contribution in [0.2, 0.25) is 0 Å². The zero-order valence-electron chi connectivity index (χ0n) is 21.6. The van der Waals surface area contributed by atoms with Crippen molar-refractivity contribution in [3.63, 3.8) is 0 Å². The lowest BCUT2D eigenvalue weighted by atomic mass is 10.0. The SMILES string of the molecule is C#C/C=C\CCCCCCCCCC/C=C\CCCCCCC[C@H](O)[C@@H](O)[C@H](O)C#CC#CCO. The molecule has 0 aromatic rings. The maximum Gasteiger partial charge on any atom is 0.144 e. The molecule has 0 aliphatic heterocycles. The molecule has 0 unspecified atom stereocenters. The smallest absolute Gasteiger partial charge is 0.144 e. The van der Waals surface area contributed by atoms with Crippen LogP contribution < -0.4 is 0 Å². The zero-order chi connectivity index (χ0) is 25.8. The number of unbranched alkanes of at least 4 members (excludes halogenated alkanes) is 14. The summed E-state index contributed by atoms with van der Waals surface area (Å²) in [6, 6.07) is 0. The van der Waals surface area contributed by atoms with Crippen LogP contribution in [0.3, 0.4) is 0 Å². The van der Waals surface area contributed by atoms with E-state index < -0.39 is 18.3 Å². The molecule has 0 amide bonds. The van der Waals surface area contributed by atoms with E-state index in [0.717, 1.165) is 32.1 Å². The predicted octanol–water partition coefficient (Wildman–Crippen LogP) is 5.45. The number of hydrogen-bond donors (Lipinski definition) is 4. The van der Waals surface area contributed by atoms with Crippen molar-refractivity contribution in [3.05, 3.63) is 24.3 Å². The lowest BCUT2D eigenvalue weighted by Crippen LogP contribution is -2.36. The summed E-state index contributed by atoms with van der Waals surface area (Å²) in [5.74, 6) is 11.9. The van der Waals surface area contributed by atoms with Crippen molar-refractivity contribution in [2.24, 2.45) is 0 Å². The first-order valence-corrected chi connectivity index (χ1v) is 13.5. The van der Waals surface area contributed by atoms with Gasteiger partial charge in [-0.05, 0) is 62.9 Å². The summed E-state index contributed by atoms with van der Waals surface area (Å²) in [7, 11) is 0. The van der Waals surface area contributed by atoms with E-state index in [1.165, 1.54) is 70.6 Å². The van der Waals surface area contributed by atoms with Gasteiger partial charge in [-0.15, -0.1) is 6.42 Å². The first-order valence-electron chi connectivity index (χ1n) is 13.5. The van der Waals surface area contributed by atoms with Gasteiger partial charge in [0.2, 0.25) is 0 Å². The van der Waals surface area contributed by atoms with Crippen LogP contribution in [0.5, 0.6) is 0 Å². The number of aliphatic hydroxyl groups is 4. The van der Waals surface area contributed by atoms with E-state index in [4.69, 9.17) is 11.5 Å². The van der Waals surface area contributed by atoms with Crippen molar-refractivity contribution in [2.75, 3.05) is 6.61 Å². The van der Waals surface area contributed by atoms with Crippen LogP contribution in [0, 0.1) is 36.0 Å². The topological polar surface area (TPSA) is 80.9 Å². The van der Waals surface area contributed by atoms with Crippen LogP contribution in [-0.2, 0) is 0 Å². The molecule has 0 heterocycles. The lowest BCUT2D eigenvalue weighted by molar-refractivity contribution is -0.0415. The average molecular weight is 485 g/mol. The summed E-state index contributed by atoms with van der Waals surface area (Å²) in [6.07, 6.45) is 29.8. The molecule has 0 spiro atoms. The van der Waals surface area contributed by atoms with E-state index in [2.05, 4.69) is 47.8 Å². The second-order valence-electron chi connectivity index (χ2n) is 9.02. The van der Waals surface area contributed by atoms with Gasteiger partial charge in [0.05, 0.1) is 6.10 Å². The molecule has 0 bridgehead atoms. The highest BCUT2D eigenvalue weighted by molar-refractivity contribution is 5.27. The number of aliphatic hydroxyl groups excluding tert-OH is 4. The first kappa shape index (κ1) is 33.0. The Hall–Kier alpha value is -2.00. The zero-order valence-corrected chi connectivity index (χ0v) is 21.6. The van der Waals surface area contributed by atoms with E-state index >= 15 is 0 Å². The Morgan fingerprint density at radius 3 is 1.63 bits per heavy atom. The molecule has 0 saturated heterocycles. The fourth-order valence-corrected chi connectivity index (χ4v) is 3.78. The van der Waals surface area contributed by atoms with Gasteiger partial charge in [0.15, 0.2) is 0 Å². The molecule has 0 fully saturated rings. The molecule has 0 rings (SSSR count). The molecule has 4 N–H and O–H groups in total. The maximum absolute atomic E-state index is 9.98. The number of rotatable bonds is 21. The van der Waals surface area contributed by atoms with Crippen molar-refractivity contribution in [1.29, 1.82) is 0 Å². The molecule has 0 aliphatic carbocycles.